The molecule has 2 heterocycles. The molecule has 25 heavy (non-hydrogen) atoms. The van der Waals surface area contributed by atoms with Crippen molar-refractivity contribution < 1.29 is 4.79 Å². The summed E-state index contributed by atoms with van der Waals surface area (Å²) >= 11 is 0. The van der Waals surface area contributed by atoms with Crippen LogP contribution in [0.15, 0.2) is 60.7 Å². The van der Waals surface area contributed by atoms with Crippen molar-refractivity contribution in [1.82, 2.24) is 25.5 Å². The second kappa shape index (κ2) is 6.60. The van der Waals surface area contributed by atoms with Crippen molar-refractivity contribution in [3.8, 4) is 11.3 Å². The lowest BCUT2D eigenvalue weighted by Crippen LogP contribution is -2.26. The van der Waals surface area contributed by atoms with Crippen LogP contribution < -0.4 is 5.32 Å². The Hall–Kier alpha value is -3.41. The minimum Gasteiger partial charge on any atom is -0.350 e. The number of rotatable bonds is 5. The fourth-order valence-electron chi connectivity index (χ4n) is 2.71. The first kappa shape index (κ1) is 15.1. The van der Waals surface area contributed by atoms with Gasteiger partial charge in [-0.3, -0.25) is 9.89 Å². The molecular formula is C19H17N5O. The van der Waals surface area contributed by atoms with Gasteiger partial charge in [0.05, 0.1) is 16.7 Å². The number of amides is 1. The number of hydrogen-bond acceptors (Lipinski definition) is 3. The van der Waals surface area contributed by atoms with Crippen molar-refractivity contribution in [2.24, 2.45) is 0 Å². The quantitative estimate of drug-likeness (QED) is 0.525. The molecule has 0 aliphatic heterocycles. The second-order valence-electron chi connectivity index (χ2n) is 5.74. The average molecular weight is 331 g/mol. The van der Waals surface area contributed by atoms with E-state index in [0.717, 1.165) is 28.1 Å². The lowest BCUT2D eigenvalue weighted by Gasteiger charge is -2.01. The van der Waals surface area contributed by atoms with Crippen LogP contribution in [-0.4, -0.2) is 32.6 Å². The SMILES string of the molecule is O=C(NCCc1nc2ccccc2[nH]1)c1cc(-c2ccccc2)n[nH]1. The highest BCUT2D eigenvalue weighted by molar-refractivity contribution is 5.93. The molecule has 0 saturated carbocycles. The van der Waals surface area contributed by atoms with E-state index in [0.29, 0.717) is 18.7 Å². The van der Waals surface area contributed by atoms with Gasteiger partial charge in [0.15, 0.2) is 0 Å². The van der Waals surface area contributed by atoms with Crippen LogP contribution in [0.5, 0.6) is 0 Å². The molecule has 2 aromatic carbocycles. The van der Waals surface area contributed by atoms with Crippen molar-refractivity contribution in [3.63, 3.8) is 0 Å². The van der Waals surface area contributed by atoms with Crippen molar-refractivity contribution in [2.45, 2.75) is 6.42 Å². The molecule has 2 aromatic heterocycles. The smallest absolute Gasteiger partial charge is 0.269 e. The predicted octanol–water partition coefficient (Wildman–Crippen LogP) is 2.93. The number of aromatic nitrogens is 4. The number of fused-ring (bicyclic) bond motifs is 1. The Labute approximate surface area is 144 Å². The summed E-state index contributed by atoms with van der Waals surface area (Å²) in [6.45, 7) is 0.498. The summed E-state index contributed by atoms with van der Waals surface area (Å²) in [5.41, 5.74) is 4.11. The Kier molecular flexibility index (Phi) is 4.00. The average Bonchev–Trinajstić information content (AvgIpc) is 3.29. The number of hydrogen-bond donors (Lipinski definition) is 3. The van der Waals surface area contributed by atoms with Crippen LogP contribution in [0.3, 0.4) is 0 Å². The molecule has 4 aromatic rings. The number of carbonyl (C=O) groups is 1. The first-order chi connectivity index (χ1) is 12.3. The molecule has 0 saturated heterocycles. The minimum atomic E-state index is -0.175. The number of imidazole rings is 1. The molecule has 4 rings (SSSR count). The van der Waals surface area contributed by atoms with E-state index in [-0.39, 0.29) is 5.91 Å². The van der Waals surface area contributed by atoms with Crippen LogP contribution in [0.25, 0.3) is 22.3 Å². The third kappa shape index (κ3) is 3.28. The molecule has 1 amide bonds. The van der Waals surface area contributed by atoms with Crippen LogP contribution in [0.2, 0.25) is 0 Å². The van der Waals surface area contributed by atoms with Gasteiger partial charge in [-0.1, -0.05) is 42.5 Å². The molecule has 0 aliphatic rings. The summed E-state index contributed by atoms with van der Waals surface area (Å²) in [7, 11) is 0. The maximum Gasteiger partial charge on any atom is 0.269 e. The molecule has 6 nitrogen and oxygen atoms in total. The Bertz CT molecular complexity index is 970. The van der Waals surface area contributed by atoms with Crippen molar-refractivity contribution in [3.05, 3.63) is 72.2 Å². The highest BCUT2D eigenvalue weighted by Crippen LogP contribution is 2.16. The topological polar surface area (TPSA) is 86.5 Å². The summed E-state index contributed by atoms with van der Waals surface area (Å²) < 4.78 is 0. The molecule has 3 N–H and O–H groups in total. The zero-order chi connectivity index (χ0) is 17.1. The minimum absolute atomic E-state index is 0.175. The zero-order valence-electron chi connectivity index (χ0n) is 13.5. The lowest BCUT2D eigenvalue weighted by molar-refractivity contribution is 0.0949. The predicted molar refractivity (Wildman–Crippen MR) is 96.2 cm³/mol. The van der Waals surface area contributed by atoms with Gasteiger partial charge in [0.25, 0.3) is 5.91 Å². The van der Waals surface area contributed by atoms with Gasteiger partial charge in [-0.05, 0) is 18.2 Å². The number of aromatic amines is 2. The summed E-state index contributed by atoms with van der Waals surface area (Å²) in [6.07, 6.45) is 0.639. The molecule has 0 aliphatic carbocycles. The number of H-pyrrole nitrogens is 2. The van der Waals surface area contributed by atoms with Crippen LogP contribution in [0, 0.1) is 0 Å². The Morgan fingerprint density at radius 2 is 1.84 bits per heavy atom. The maximum atomic E-state index is 12.2. The fourth-order valence-corrected chi connectivity index (χ4v) is 2.71. The second-order valence-corrected chi connectivity index (χ2v) is 5.74. The standard InChI is InChI=1S/C19H17N5O/c25-19(17-12-16(23-24-17)13-6-2-1-3-7-13)20-11-10-18-21-14-8-4-5-9-15(14)22-18/h1-9,12H,10-11H2,(H,20,25)(H,21,22)(H,23,24). The summed E-state index contributed by atoms with van der Waals surface area (Å²) in [5.74, 6) is 0.682. The Balaban J connectivity index is 1.37. The largest absolute Gasteiger partial charge is 0.350 e. The van der Waals surface area contributed by atoms with E-state index >= 15 is 0 Å². The molecular weight excluding hydrogens is 314 g/mol. The number of carbonyl (C=O) groups excluding carboxylic acids is 1. The third-order valence-electron chi connectivity index (χ3n) is 3.98. The molecule has 0 unspecified atom stereocenters. The van der Waals surface area contributed by atoms with Crippen molar-refractivity contribution >= 4 is 16.9 Å². The molecule has 0 radical (unpaired) electrons. The molecule has 0 bridgehead atoms. The lowest BCUT2D eigenvalue weighted by atomic mass is 10.1. The van der Waals surface area contributed by atoms with E-state index in [2.05, 4.69) is 25.5 Å². The number of nitrogens with one attached hydrogen (secondary N) is 3. The fraction of sp³-hybridized carbons (Fsp3) is 0.105. The highest BCUT2D eigenvalue weighted by Gasteiger charge is 2.11. The number of para-hydroxylation sites is 2. The van der Waals surface area contributed by atoms with Gasteiger partial charge in [-0.2, -0.15) is 5.10 Å². The highest BCUT2D eigenvalue weighted by atomic mass is 16.1. The Morgan fingerprint density at radius 3 is 2.68 bits per heavy atom. The maximum absolute atomic E-state index is 12.2. The number of nitrogens with zero attached hydrogens (tertiary/aromatic N) is 2. The van der Waals surface area contributed by atoms with Crippen molar-refractivity contribution in [2.75, 3.05) is 6.54 Å². The van der Waals surface area contributed by atoms with Crippen LogP contribution in [0.4, 0.5) is 0 Å². The van der Waals surface area contributed by atoms with Gasteiger partial charge in [-0.25, -0.2) is 4.98 Å². The molecule has 0 atom stereocenters. The molecule has 124 valence electrons. The van der Waals surface area contributed by atoms with E-state index in [1.54, 1.807) is 6.07 Å². The summed E-state index contributed by atoms with van der Waals surface area (Å²) in [6, 6.07) is 19.4. The molecule has 0 fully saturated rings. The van der Waals surface area contributed by atoms with E-state index < -0.39 is 0 Å². The third-order valence-corrected chi connectivity index (χ3v) is 3.98. The van der Waals surface area contributed by atoms with Crippen LogP contribution in [0.1, 0.15) is 16.3 Å². The van der Waals surface area contributed by atoms with Gasteiger partial charge in [-0.15, -0.1) is 0 Å². The van der Waals surface area contributed by atoms with Gasteiger partial charge >= 0.3 is 0 Å². The molecule has 0 spiro atoms. The molecule has 6 heteroatoms. The number of benzene rings is 2. The van der Waals surface area contributed by atoms with Gasteiger partial charge in [0.2, 0.25) is 0 Å². The summed E-state index contributed by atoms with van der Waals surface area (Å²) in [4.78, 5) is 20.0. The van der Waals surface area contributed by atoms with Gasteiger partial charge in [0.1, 0.15) is 11.5 Å². The first-order valence-electron chi connectivity index (χ1n) is 8.12. The normalized spacial score (nSPS) is 10.9. The van der Waals surface area contributed by atoms with Crippen molar-refractivity contribution in [1.29, 1.82) is 0 Å². The summed E-state index contributed by atoms with van der Waals surface area (Å²) in [5, 5.41) is 9.87. The zero-order valence-corrected chi connectivity index (χ0v) is 13.5. The van der Waals surface area contributed by atoms with E-state index in [9.17, 15) is 4.79 Å². The van der Waals surface area contributed by atoms with E-state index in [4.69, 9.17) is 0 Å². The van der Waals surface area contributed by atoms with Crippen LogP contribution >= 0.6 is 0 Å². The van der Waals surface area contributed by atoms with Crippen LogP contribution in [-0.2, 0) is 6.42 Å². The van der Waals surface area contributed by atoms with Gasteiger partial charge < -0.3 is 10.3 Å². The van der Waals surface area contributed by atoms with E-state index in [1.807, 2.05) is 54.6 Å². The van der Waals surface area contributed by atoms with Gasteiger partial charge in [0, 0.05) is 18.5 Å². The Morgan fingerprint density at radius 1 is 1.04 bits per heavy atom. The van der Waals surface area contributed by atoms with E-state index in [1.165, 1.54) is 0 Å². The first-order valence-corrected chi connectivity index (χ1v) is 8.12. The monoisotopic (exact) mass is 331 g/mol.